The van der Waals surface area contributed by atoms with Gasteiger partial charge in [-0.05, 0) is 49.1 Å². The van der Waals surface area contributed by atoms with Gasteiger partial charge < -0.3 is 29.9 Å². The molecular formula is C24H27ClO6S. The predicted molar refractivity (Wildman–Crippen MR) is 124 cm³/mol. The molecule has 5 atom stereocenters. The van der Waals surface area contributed by atoms with Gasteiger partial charge in [-0.15, -0.1) is 11.3 Å². The van der Waals surface area contributed by atoms with Crippen LogP contribution in [0.2, 0.25) is 5.02 Å². The van der Waals surface area contributed by atoms with Gasteiger partial charge in [0, 0.05) is 33.7 Å². The van der Waals surface area contributed by atoms with Crippen LogP contribution in [-0.2, 0) is 21.7 Å². The number of aliphatic hydroxyl groups is 4. The van der Waals surface area contributed by atoms with Crippen molar-refractivity contribution in [3.05, 3.63) is 69.1 Å². The van der Waals surface area contributed by atoms with Crippen LogP contribution in [0.25, 0.3) is 10.1 Å². The van der Waals surface area contributed by atoms with Crippen LogP contribution in [0.1, 0.15) is 28.5 Å². The van der Waals surface area contributed by atoms with Crippen LogP contribution in [0.3, 0.4) is 0 Å². The summed E-state index contributed by atoms with van der Waals surface area (Å²) >= 11 is 8.18. The van der Waals surface area contributed by atoms with E-state index >= 15 is 0 Å². The molecule has 0 saturated carbocycles. The number of aliphatic hydroxyl groups excluding tert-OH is 4. The standard InChI is InChI=1S/C24H27ClO6S/c1-13-4-7-19-15(8-13)11-17(32-19)10-14-9-16(5-6-18(14)25)24(30-3)22(29)20(27)21(28)23(2,12-26)31-24/h4-9,11,20-22,26-29H,10,12H2,1-3H3/t20?,21-,22+,23+,24-/m0/s1. The lowest BCUT2D eigenvalue weighted by atomic mass is 9.82. The molecule has 1 saturated heterocycles. The van der Waals surface area contributed by atoms with E-state index in [-0.39, 0.29) is 0 Å². The van der Waals surface area contributed by atoms with E-state index in [4.69, 9.17) is 21.1 Å². The fourth-order valence-electron chi connectivity index (χ4n) is 4.28. The van der Waals surface area contributed by atoms with Gasteiger partial charge >= 0.3 is 0 Å². The second kappa shape index (κ2) is 8.66. The smallest absolute Gasteiger partial charge is 0.225 e. The Labute approximate surface area is 195 Å². The highest BCUT2D eigenvalue weighted by Crippen LogP contribution is 2.44. The van der Waals surface area contributed by atoms with Gasteiger partial charge in [-0.2, -0.15) is 0 Å². The SMILES string of the molecule is CO[C@@]1(c2ccc(Cl)c(Cc3cc4cc(C)ccc4s3)c2)O[C@](C)(CO)[C@@H](O)C(O)[C@H]1O. The molecule has 32 heavy (non-hydrogen) atoms. The molecule has 4 rings (SSSR count). The Balaban J connectivity index is 1.74. The van der Waals surface area contributed by atoms with Gasteiger partial charge in [0.2, 0.25) is 5.79 Å². The highest BCUT2D eigenvalue weighted by Gasteiger charge is 2.59. The maximum absolute atomic E-state index is 10.8. The molecule has 8 heteroatoms. The molecule has 3 aromatic rings. The molecule has 1 unspecified atom stereocenters. The Hall–Kier alpha value is -1.55. The molecule has 0 radical (unpaired) electrons. The first-order valence-corrected chi connectivity index (χ1v) is 11.5. The molecule has 1 aliphatic heterocycles. The Bertz CT molecular complexity index is 1130. The van der Waals surface area contributed by atoms with Crippen LogP contribution in [0.5, 0.6) is 0 Å². The minimum Gasteiger partial charge on any atom is -0.393 e. The van der Waals surface area contributed by atoms with Gasteiger partial charge in [0.05, 0.1) is 6.61 Å². The third-order valence-electron chi connectivity index (χ3n) is 6.20. The largest absolute Gasteiger partial charge is 0.393 e. The lowest BCUT2D eigenvalue weighted by molar-refractivity contribution is -0.393. The Kier molecular flexibility index (Phi) is 6.39. The quantitative estimate of drug-likeness (QED) is 0.449. The number of ether oxygens (including phenoxy) is 2. The fraction of sp³-hybridized carbons (Fsp3) is 0.417. The molecule has 6 nitrogen and oxygen atoms in total. The minimum absolute atomic E-state index is 0.425. The van der Waals surface area contributed by atoms with E-state index in [1.807, 2.05) is 0 Å². The van der Waals surface area contributed by atoms with Crippen molar-refractivity contribution in [3.8, 4) is 0 Å². The van der Waals surface area contributed by atoms with Crippen LogP contribution in [-0.4, -0.2) is 58.1 Å². The van der Waals surface area contributed by atoms with Crippen LogP contribution in [0.4, 0.5) is 0 Å². The summed E-state index contributed by atoms with van der Waals surface area (Å²) in [6.45, 7) is 2.93. The summed E-state index contributed by atoms with van der Waals surface area (Å²) in [6.07, 6.45) is -4.13. The monoisotopic (exact) mass is 478 g/mol. The first-order chi connectivity index (χ1) is 15.1. The van der Waals surface area contributed by atoms with Crippen LogP contribution < -0.4 is 0 Å². The van der Waals surface area contributed by atoms with Gasteiger partial charge in [0.1, 0.15) is 23.9 Å². The Morgan fingerprint density at radius 2 is 1.84 bits per heavy atom. The van der Waals surface area contributed by atoms with Gasteiger partial charge in [0.15, 0.2) is 0 Å². The van der Waals surface area contributed by atoms with Gasteiger partial charge in [-0.3, -0.25) is 0 Å². The third-order valence-corrected chi connectivity index (χ3v) is 7.68. The summed E-state index contributed by atoms with van der Waals surface area (Å²) in [6, 6.07) is 13.6. The Morgan fingerprint density at radius 3 is 2.53 bits per heavy atom. The number of halogens is 1. The van der Waals surface area contributed by atoms with E-state index in [0.717, 1.165) is 10.4 Å². The average Bonchev–Trinajstić information content (AvgIpc) is 3.18. The summed E-state index contributed by atoms with van der Waals surface area (Å²) in [5, 5.41) is 43.2. The molecule has 1 aromatic heterocycles. The molecule has 1 fully saturated rings. The molecular weight excluding hydrogens is 452 g/mol. The molecule has 0 aliphatic carbocycles. The second-order valence-corrected chi connectivity index (χ2v) is 10.1. The van der Waals surface area contributed by atoms with E-state index in [9.17, 15) is 20.4 Å². The van der Waals surface area contributed by atoms with E-state index in [1.54, 1.807) is 29.5 Å². The van der Waals surface area contributed by atoms with E-state index < -0.39 is 36.3 Å². The van der Waals surface area contributed by atoms with Crippen molar-refractivity contribution >= 4 is 33.0 Å². The first kappa shape index (κ1) is 23.6. The highest BCUT2D eigenvalue weighted by atomic mass is 35.5. The minimum atomic E-state index is -1.80. The molecule has 0 amide bonds. The normalized spacial score (nSPS) is 30.7. The molecule has 4 N–H and O–H groups in total. The third kappa shape index (κ3) is 3.87. The topological polar surface area (TPSA) is 99.4 Å². The Morgan fingerprint density at radius 1 is 1.09 bits per heavy atom. The molecule has 0 spiro atoms. The number of benzene rings is 2. The highest BCUT2D eigenvalue weighted by molar-refractivity contribution is 7.19. The number of fused-ring (bicyclic) bond motifs is 1. The van der Waals surface area contributed by atoms with E-state index in [2.05, 4.69) is 31.2 Å². The average molecular weight is 479 g/mol. The second-order valence-electron chi connectivity index (χ2n) is 8.56. The number of hydrogen-bond donors (Lipinski definition) is 4. The number of rotatable bonds is 5. The first-order valence-electron chi connectivity index (χ1n) is 10.3. The maximum atomic E-state index is 10.8. The van der Waals surface area contributed by atoms with Gasteiger partial charge in [0.25, 0.3) is 0 Å². The summed E-state index contributed by atoms with van der Waals surface area (Å²) in [7, 11) is 1.34. The molecule has 172 valence electrons. The van der Waals surface area contributed by atoms with Crippen molar-refractivity contribution in [1.29, 1.82) is 0 Å². The maximum Gasteiger partial charge on any atom is 0.225 e. The summed E-state index contributed by atoms with van der Waals surface area (Å²) in [5.74, 6) is -1.80. The van der Waals surface area contributed by atoms with Crippen molar-refractivity contribution in [2.75, 3.05) is 13.7 Å². The van der Waals surface area contributed by atoms with Gasteiger partial charge in [-0.25, -0.2) is 0 Å². The number of thiophene rings is 1. The number of aryl methyl sites for hydroxylation is 1. The predicted octanol–water partition coefficient (Wildman–Crippen LogP) is 3.12. The number of hydrogen-bond acceptors (Lipinski definition) is 7. The van der Waals surface area contributed by atoms with Crippen molar-refractivity contribution in [2.45, 2.75) is 50.0 Å². The molecule has 2 heterocycles. The van der Waals surface area contributed by atoms with Crippen LogP contribution >= 0.6 is 22.9 Å². The zero-order valence-electron chi connectivity index (χ0n) is 18.1. The number of methoxy groups -OCH3 is 1. The van der Waals surface area contributed by atoms with E-state index in [1.165, 1.54) is 29.7 Å². The lowest BCUT2D eigenvalue weighted by Crippen LogP contribution is -2.69. The van der Waals surface area contributed by atoms with Crippen LogP contribution in [0.15, 0.2) is 42.5 Å². The molecule has 1 aliphatic rings. The zero-order valence-corrected chi connectivity index (χ0v) is 19.7. The van der Waals surface area contributed by atoms with Crippen molar-refractivity contribution in [1.82, 2.24) is 0 Å². The van der Waals surface area contributed by atoms with Crippen molar-refractivity contribution in [2.24, 2.45) is 0 Å². The molecule has 0 bridgehead atoms. The van der Waals surface area contributed by atoms with Crippen LogP contribution in [0, 0.1) is 6.92 Å². The summed E-state index contributed by atoms with van der Waals surface area (Å²) in [4.78, 5) is 1.12. The zero-order chi connectivity index (χ0) is 23.3. The van der Waals surface area contributed by atoms with E-state index in [0.29, 0.717) is 17.0 Å². The van der Waals surface area contributed by atoms with Crippen molar-refractivity contribution < 1.29 is 29.9 Å². The lowest BCUT2D eigenvalue weighted by Gasteiger charge is -2.52. The van der Waals surface area contributed by atoms with Gasteiger partial charge in [-0.1, -0.05) is 35.4 Å². The summed E-state index contributed by atoms with van der Waals surface area (Å²) < 4.78 is 12.8. The molecule has 2 aromatic carbocycles. The fourth-order valence-corrected chi connectivity index (χ4v) is 5.53. The van der Waals surface area contributed by atoms with Crippen molar-refractivity contribution in [3.63, 3.8) is 0 Å². The summed E-state index contributed by atoms with van der Waals surface area (Å²) in [5.41, 5.74) is 0.873.